The molecular weight excluding hydrogens is 312 g/mol. The van der Waals surface area contributed by atoms with Crippen LogP contribution in [-0.4, -0.2) is 37.0 Å². The van der Waals surface area contributed by atoms with E-state index in [4.69, 9.17) is 16.3 Å². The predicted octanol–water partition coefficient (Wildman–Crippen LogP) is 3.96. The Morgan fingerprint density at radius 3 is 2.52 bits per heavy atom. The first-order chi connectivity index (χ1) is 10.8. The molecule has 0 bridgehead atoms. The summed E-state index contributed by atoms with van der Waals surface area (Å²) in [5.41, 5.74) is 1.75. The number of amides is 1. The maximum Gasteiger partial charge on any atom is 0.244 e. The molecule has 128 valence electrons. The number of carbonyl (C=O) groups is 1. The van der Waals surface area contributed by atoms with E-state index in [0.717, 1.165) is 24.3 Å². The number of anilines is 1. The van der Waals surface area contributed by atoms with Crippen molar-refractivity contribution in [3.05, 3.63) is 22.7 Å². The average molecular weight is 339 g/mol. The van der Waals surface area contributed by atoms with E-state index in [1.807, 2.05) is 24.8 Å². The molecular formula is C18H27ClN2O2. The Labute approximate surface area is 144 Å². The summed E-state index contributed by atoms with van der Waals surface area (Å²) in [4.78, 5) is 14.7. The number of nitrogens with zero attached hydrogens (tertiary/aromatic N) is 1. The van der Waals surface area contributed by atoms with Gasteiger partial charge < -0.3 is 15.0 Å². The van der Waals surface area contributed by atoms with E-state index in [9.17, 15) is 4.79 Å². The number of ether oxygens (including phenoxy) is 1. The third-order valence-corrected chi connectivity index (χ3v) is 4.81. The van der Waals surface area contributed by atoms with Crippen molar-refractivity contribution < 1.29 is 9.53 Å². The molecule has 1 aromatic rings. The van der Waals surface area contributed by atoms with Gasteiger partial charge >= 0.3 is 0 Å². The highest BCUT2D eigenvalue weighted by atomic mass is 35.5. The molecule has 0 spiro atoms. The number of likely N-dealkylation sites (tertiary alicyclic amines) is 1. The number of piperidine rings is 1. The number of benzene rings is 1. The Kier molecular flexibility index (Phi) is 5.79. The second kappa shape index (κ2) is 7.43. The van der Waals surface area contributed by atoms with Gasteiger partial charge in [0.25, 0.3) is 0 Å². The van der Waals surface area contributed by atoms with Crippen LogP contribution in [0, 0.1) is 18.8 Å². The molecule has 1 aliphatic heterocycles. The molecule has 1 aromatic carbocycles. The summed E-state index contributed by atoms with van der Waals surface area (Å²) in [5, 5.41) is 3.94. The first-order valence-corrected chi connectivity index (χ1v) is 8.59. The first kappa shape index (κ1) is 17.9. The van der Waals surface area contributed by atoms with Gasteiger partial charge in [-0.1, -0.05) is 25.4 Å². The highest BCUT2D eigenvalue weighted by molar-refractivity contribution is 6.31. The summed E-state index contributed by atoms with van der Waals surface area (Å²) in [6, 6.07) is 3.40. The zero-order valence-electron chi connectivity index (χ0n) is 14.6. The van der Waals surface area contributed by atoms with Crippen LogP contribution in [0.5, 0.6) is 5.75 Å². The number of halogens is 1. The molecule has 1 aliphatic rings. The average Bonchev–Trinajstić information content (AvgIpc) is 2.48. The number of methoxy groups -OCH3 is 1. The van der Waals surface area contributed by atoms with E-state index in [1.165, 1.54) is 6.42 Å². The molecule has 0 saturated carbocycles. The smallest absolute Gasteiger partial charge is 0.244 e. The number of nitrogens with one attached hydrogen (secondary N) is 1. The lowest BCUT2D eigenvalue weighted by atomic mass is 9.91. The van der Waals surface area contributed by atoms with Crippen LogP contribution in [0.15, 0.2) is 12.1 Å². The second-order valence-corrected chi connectivity index (χ2v) is 7.26. The summed E-state index contributed by atoms with van der Waals surface area (Å²) in [6.45, 7) is 9.93. The fourth-order valence-electron chi connectivity index (χ4n) is 3.36. The maximum absolute atomic E-state index is 12.7. The topological polar surface area (TPSA) is 41.6 Å². The standard InChI is InChI=1S/C18H27ClN2O2/c1-11-6-12(2)10-21(9-11)18(22)14(4)20-16-7-13(3)15(19)8-17(16)23-5/h7-8,11-12,14,20H,6,9-10H2,1-5H3. The molecule has 3 atom stereocenters. The third-order valence-electron chi connectivity index (χ3n) is 4.40. The molecule has 0 aromatic heterocycles. The third kappa shape index (κ3) is 4.31. The number of hydrogen-bond donors (Lipinski definition) is 1. The van der Waals surface area contributed by atoms with E-state index in [2.05, 4.69) is 19.2 Å². The van der Waals surface area contributed by atoms with E-state index in [-0.39, 0.29) is 11.9 Å². The van der Waals surface area contributed by atoms with Gasteiger partial charge in [-0.3, -0.25) is 4.79 Å². The molecule has 0 radical (unpaired) electrons. The van der Waals surface area contributed by atoms with E-state index in [1.54, 1.807) is 13.2 Å². The van der Waals surface area contributed by atoms with E-state index >= 15 is 0 Å². The fraction of sp³-hybridized carbons (Fsp3) is 0.611. The number of aryl methyl sites for hydroxylation is 1. The normalized spacial score (nSPS) is 22.6. The Hall–Kier alpha value is -1.42. The highest BCUT2D eigenvalue weighted by Gasteiger charge is 2.28. The van der Waals surface area contributed by atoms with Crippen LogP contribution in [0.4, 0.5) is 5.69 Å². The van der Waals surface area contributed by atoms with Crippen LogP contribution in [0.2, 0.25) is 5.02 Å². The van der Waals surface area contributed by atoms with Gasteiger partial charge in [0.15, 0.2) is 0 Å². The SMILES string of the molecule is COc1cc(Cl)c(C)cc1NC(C)C(=O)N1CC(C)CC(C)C1. The van der Waals surface area contributed by atoms with Gasteiger partial charge in [0, 0.05) is 24.2 Å². The summed E-state index contributed by atoms with van der Waals surface area (Å²) >= 11 is 6.13. The molecule has 2 rings (SSSR count). The highest BCUT2D eigenvalue weighted by Crippen LogP contribution is 2.31. The minimum Gasteiger partial charge on any atom is -0.495 e. The lowest BCUT2D eigenvalue weighted by Crippen LogP contribution is -2.48. The molecule has 23 heavy (non-hydrogen) atoms. The summed E-state index contributed by atoms with van der Waals surface area (Å²) in [6.07, 6.45) is 1.19. The first-order valence-electron chi connectivity index (χ1n) is 8.21. The zero-order valence-corrected chi connectivity index (χ0v) is 15.4. The van der Waals surface area contributed by atoms with Crippen molar-refractivity contribution in [2.45, 2.75) is 40.2 Å². The lowest BCUT2D eigenvalue weighted by Gasteiger charge is -2.36. The molecule has 0 aliphatic carbocycles. The molecule has 1 N–H and O–H groups in total. The van der Waals surface area contributed by atoms with E-state index in [0.29, 0.717) is 22.6 Å². The molecule has 1 amide bonds. The van der Waals surface area contributed by atoms with Crippen molar-refractivity contribution in [1.29, 1.82) is 0 Å². The number of carbonyl (C=O) groups excluding carboxylic acids is 1. The van der Waals surface area contributed by atoms with Crippen LogP contribution in [-0.2, 0) is 4.79 Å². The maximum atomic E-state index is 12.7. The Bertz CT molecular complexity index is 566. The summed E-state index contributed by atoms with van der Waals surface area (Å²) < 4.78 is 5.37. The van der Waals surface area contributed by atoms with Crippen molar-refractivity contribution >= 4 is 23.2 Å². The summed E-state index contributed by atoms with van der Waals surface area (Å²) in [7, 11) is 1.60. The van der Waals surface area contributed by atoms with Gasteiger partial charge in [0.1, 0.15) is 11.8 Å². The summed E-state index contributed by atoms with van der Waals surface area (Å²) in [5.74, 6) is 1.91. The van der Waals surface area contributed by atoms with Crippen LogP contribution >= 0.6 is 11.6 Å². The van der Waals surface area contributed by atoms with Crippen molar-refractivity contribution in [3.8, 4) is 5.75 Å². The molecule has 1 fully saturated rings. The van der Waals surface area contributed by atoms with Crippen molar-refractivity contribution in [2.24, 2.45) is 11.8 Å². The monoisotopic (exact) mass is 338 g/mol. The Balaban J connectivity index is 2.10. The molecule has 3 unspecified atom stereocenters. The molecule has 1 saturated heterocycles. The Morgan fingerprint density at radius 1 is 1.35 bits per heavy atom. The minimum atomic E-state index is -0.304. The van der Waals surface area contributed by atoms with Crippen LogP contribution in [0.1, 0.15) is 32.8 Å². The largest absolute Gasteiger partial charge is 0.495 e. The Morgan fingerprint density at radius 2 is 1.96 bits per heavy atom. The van der Waals surface area contributed by atoms with Crippen LogP contribution < -0.4 is 10.1 Å². The van der Waals surface area contributed by atoms with Gasteiger partial charge in [-0.2, -0.15) is 0 Å². The van der Waals surface area contributed by atoms with Crippen molar-refractivity contribution in [1.82, 2.24) is 4.90 Å². The lowest BCUT2D eigenvalue weighted by molar-refractivity contribution is -0.134. The minimum absolute atomic E-state index is 0.137. The van der Waals surface area contributed by atoms with Gasteiger partial charge in [-0.25, -0.2) is 0 Å². The quantitative estimate of drug-likeness (QED) is 0.903. The van der Waals surface area contributed by atoms with Gasteiger partial charge in [0.2, 0.25) is 5.91 Å². The van der Waals surface area contributed by atoms with Crippen molar-refractivity contribution in [3.63, 3.8) is 0 Å². The fourth-order valence-corrected chi connectivity index (χ4v) is 3.51. The molecule has 1 heterocycles. The molecule has 5 heteroatoms. The van der Waals surface area contributed by atoms with Gasteiger partial charge in [-0.05, 0) is 43.7 Å². The predicted molar refractivity (Wildman–Crippen MR) is 95.4 cm³/mol. The van der Waals surface area contributed by atoms with E-state index < -0.39 is 0 Å². The zero-order chi connectivity index (χ0) is 17.1. The van der Waals surface area contributed by atoms with Crippen LogP contribution in [0.25, 0.3) is 0 Å². The molecule has 4 nitrogen and oxygen atoms in total. The van der Waals surface area contributed by atoms with Crippen molar-refractivity contribution in [2.75, 3.05) is 25.5 Å². The van der Waals surface area contributed by atoms with Gasteiger partial charge in [-0.15, -0.1) is 0 Å². The van der Waals surface area contributed by atoms with Gasteiger partial charge in [0.05, 0.1) is 12.8 Å². The number of hydrogen-bond acceptors (Lipinski definition) is 3. The number of rotatable bonds is 4. The second-order valence-electron chi connectivity index (χ2n) is 6.86. The van der Waals surface area contributed by atoms with Crippen LogP contribution in [0.3, 0.4) is 0 Å².